The quantitative estimate of drug-likeness (QED) is 0.943. The van der Waals surface area contributed by atoms with Crippen LogP contribution in [0.1, 0.15) is 48.8 Å². The molecule has 0 unspecified atom stereocenters. The number of amides is 1. The van der Waals surface area contributed by atoms with E-state index in [9.17, 15) is 4.79 Å². The molecule has 116 valence electrons. The van der Waals surface area contributed by atoms with Crippen molar-refractivity contribution in [2.75, 3.05) is 0 Å². The van der Waals surface area contributed by atoms with Gasteiger partial charge in [-0.05, 0) is 44.6 Å². The van der Waals surface area contributed by atoms with Crippen LogP contribution in [0.4, 0.5) is 0 Å². The minimum Gasteiger partial charge on any atom is -0.348 e. The zero-order valence-electron chi connectivity index (χ0n) is 13.0. The summed E-state index contributed by atoms with van der Waals surface area (Å²) in [4.78, 5) is 25.1. The van der Waals surface area contributed by atoms with Crippen LogP contribution in [0.5, 0.6) is 0 Å². The number of hydrogen-bond acceptors (Lipinski definition) is 4. The minimum absolute atomic E-state index is 0.119. The van der Waals surface area contributed by atoms with Crippen molar-refractivity contribution in [3.05, 3.63) is 36.2 Å². The number of aryl methyl sites for hydroxylation is 1. The smallest absolute Gasteiger partial charge is 0.270 e. The average molecular weight is 299 g/mol. The zero-order valence-corrected chi connectivity index (χ0v) is 13.0. The first kappa shape index (κ1) is 14.7. The lowest BCUT2D eigenvalue weighted by Crippen LogP contribution is -2.37. The van der Waals surface area contributed by atoms with Gasteiger partial charge in [-0.25, -0.2) is 15.0 Å². The predicted molar refractivity (Wildman–Crippen MR) is 82.8 cm³/mol. The second-order valence-electron chi connectivity index (χ2n) is 6.09. The molecule has 0 spiro atoms. The summed E-state index contributed by atoms with van der Waals surface area (Å²) in [5.41, 5.74) is 1.18. The largest absolute Gasteiger partial charge is 0.348 e. The molecule has 1 aliphatic carbocycles. The highest BCUT2D eigenvalue weighted by Gasteiger charge is 2.21. The molecule has 0 saturated heterocycles. The van der Waals surface area contributed by atoms with Gasteiger partial charge in [0.1, 0.15) is 12.0 Å². The minimum atomic E-state index is -0.119. The lowest BCUT2D eigenvalue weighted by molar-refractivity contribution is 0.0917. The monoisotopic (exact) mass is 299 g/mol. The molecule has 1 saturated carbocycles. The standard InChI is InChI=1S/C16H21N5O/c1-11-3-5-13(6-4-11)19-15(22)14-9-12(2)18-16(20-14)21-8-7-17-10-21/h7-11,13H,3-6H2,1-2H3,(H,19,22). The Balaban J connectivity index is 1.75. The van der Waals surface area contributed by atoms with Crippen molar-refractivity contribution in [2.45, 2.75) is 45.6 Å². The van der Waals surface area contributed by atoms with Crippen LogP contribution in [0.25, 0.3) is 5.95 Å². The van der Waals surface area contributed by atoms with E-state index in [-0.39, 0.29) is 11.9 Å². The predicted octanol–water partition coefficient (Wildman–Crippen LogP) is 2.28. The van der Waals surface area contributed by atoms with Gasteiger partial charge >= 0.3 is 0 Å². The topological polar surface area (TPSA) is 72.7 Å². The van der Waals surface area contributed by atoms with Gasteiger partial charge in [0, 0.05) is 24.1 Å². The third-order valence-electron chi connectivity index (χ3n) is 4.16. The Morgan fingerprint density at radius 3 is 2.73 bits per heavy atom. The number of aromatic nitrogens is 4. The van der Waals surface area contributed by atoms with E-state index in [2.05, 4.69) is 27.2 Å². The highest BCUT2D eigenvalue weighted by molar-refractivity contribution is 5.92. The van der Waals surface area contributed by atoms with Crippen molar-refractivity contribution < 1.29 is 4.79 Å². The fraction of sp³-hybridized carbons (Fsp3) is 0.500. The number of imidazole rings is 1. The van der Waals surface area contributed by atoms with Crippen LogP contribution in [0, 0.1) is 12.8 Å². The number of nitrogens with zero attached hydrogens (tertiary/aromatic N) is 4. The summed E-state index contributed by atoms with van der Waals surface area (Å²) in [6, 6.07) is 1.98. The lowest BCUT2D eigenvalue weighted by atomic mass is 9.87. The van der Waals surface area contributed by atoms with Gasteiger partial charge in [0.15, 0.2) is 0 Å². The van der Waals surface area contributed by atoms with E-state index >= 15 is 0 Å². The first-order chi connectivity index (χ1) is 10.6. The molecule has 2 aromatic rings. The molecule has 6 heteroatoms. The van der Waals surface area contributed by atoms with Crippen LogP contribution in [0.3, 0.4) is 0 Å². The SMILES string of the molecule is Cc1cc(C(=O)NC2CCC(C)CC2)nc(-n2ccnc2)n1. The summed E-state index contributed by atoms with van der Waals surface area (Å²) >= 11 is 0. The van der Waals surface area contributed by atoms with E-state index in [1.165, 1.54) is 12.8 Å². The van der Waals surface area contributed by atoms with Crippen LogP contribution >= 0.6 is 0 Å². The van der Waals surface area contributed by atoms with E-state index in [1.807, 2.05) is 6.92 Å². The Kier molecular flexibility index (Phi) is 4.18. The Bertz CT molecular complexity index is 645. The Morgan fingerprint density at radius 1 is 1.27 bits per heavy atom. The molecule has 1 N–H and O–H groups in total. The zero-order chi connectivity index (χ0) is 15.5. The first-order valence-electron chi connectivity index (χ1n) is 7.76. The van der Waals surface area contributed by atoms with Crippen LogP contribution in [-0.4, -0.2) is 31.5 Å². The van der Waals surface area contributed by atoms with Gasteiger partial charge in [0.05, 0.1) is 0 Å². The molecule has 3 rings (SSSR count). The highest BCUT2D eigenvalue weighted by atomic mass is 16.1. The molecule has 6 nitrogen and oxygen atoms in total. The van der Waals surface area contributed by atoms with Crippen molar-refractivity contribution >= 4 is 5.91 Å². The van der Waals surface area contributed by atoms with E-state index in [4.69, 9.17) is 0 Å². The van der Waals surface area contributed by atoms with Crippen molar-refractivity contribution in [1.29, 1.82) is 0 Å². The number of nitrogens with one attached hydrogen (secondary N) is 1. The third-order valence-corrected chi connectivity index (χ3v) is 4.16. The average Bonchev–Trinajstić information content (AvgIpc) is 3.03. The van der Waals surface area contributed by atoms with Gasteiger partial charge in [0.25, 0.3) is 5.91 Å². The Labute approximate surface area is 130 Å². The van der Waals surface area contributed by atoms with E-state index < -0.39 is 0 Å². The van der Waals surface area contributed by atoms with Gasteiger partial charge in [-0.15, -0.1) is 0 Å². The molecule has 0 atom stereocenters. The molecule has 1 fully saturated rings. The van der Waals surface area contributed by atoms with E-state index in [0.29, 0.717) is 11.6 Å². The number of rotatable bonds is 3. The van der Waals surface area contributed by atoms with Crippen LogP contribution in [0.2, 0.25) is 0 Å². The molecule has 22 heavy (non-hydrogen) atoms. The van der Waals surface area contributed by atoms with Gasteiger partial charge in [-0.2, -0.15) is 0 Å². The Morgan fingerprint density at radius 2 is 2.05 bits per heavy atom. The first-order valence-corrected chi connectivity index (χ1v) is 7.76. The summed E-state index contributed by atoms with van der Waals surface area (Å²) in [5.74, 6) is 1.12. The van der Waals surface area contributed by atoms with E-state index in [1.54, 1.807) is 29.4 Å². The number of hydrogen-bond donors (Lipinski definition) is 1. The van der Waals surface area contributed by atoms with Crippen LogP contribution in [-0.2, 0) is 0 Å². The summed E-state index contributed by atoms with van der Waals surface area (Å²) in [6.45, 7) is 4.13. The highest BCUT2D eigenvalue weighted by Crippen LogP contribution is 2.23. The molecular weight excluding hydrogens is 278 g/mol. The van der Waals surface area contributed by atoms with Crippen molar-refractivity contribution in [3.63, 3.8) is 0 Å². The van der Waals surface area contributed by atoms with Gasteiger partial charge in [-0.3, -0.25) is 9.36 Å². The summed E-state index contributed by atoms with van der Waals surface area (Å²) in [6.07, 6.45) is 9.49. The van der Waals surface area contributed by atoms with E-state index in [0.717, 1.165) is 24.5 Å². The summed E-state index contributed by atoms with van der Waals surface area (Å²) in [5, 5.41) is 3.10. The third kappa shape index (κ3) is 3.32. The number of carbonyl (C=O) groups is 1. The molecule has 0 aliphatic heterocycles. The normalized spacial score (nSPS) is 21.5. The van der Waals surface area contributed by atoms with Crippen LogP contribution in [0.15, 0.2) is 24.8 Å². The van der Waals surface area contributed by atoms with Crippen LogP contribution < -0.4 is 5.32 Å². The van der Waals surface area contributed by atoms with Crippen molar-refractivity contribution in [2.24, 2.45) is 5.92 Å². The van der Waals surface area contributed by atoms with Gasteiger partial charge < -0.3 is 5.32 Å². The molecule has 2 aromatic heterocycles. The molecule has 1 aliphatic rings. The van der Waals surface area contributed by atoms with Gasteiger partial charge in [0.2, 0.25) is 5.95 Å². The molecule has 1 amide bonds. The number of carbonyl (C=O) groups excluding carboxylic acids is 1. The van der Waals surface area contributed by atoms with Gasteiger partial charge in [-0.1, -0.05) is 6.92 Å². The molecule has 0 aromatic carbocycles. The fourth-order valence-corrected chi connectivity index (χ4v) is 2.83. The second-order valence-corrected chi connectivity index (χ2v) is 6.09. The van der Waals surface area contributed by atoms with Crippen molar-refractivity contribution in [1.82, 2.24) is 24.8 Å². The maximum absolute atomic E-state index is 12.4. The molecule has 2 heterocycles. The lowest BCUT2D eigenvalue weighted by Gasteiger charge is -2.26. The fourth-order valence-electron chi connectivity index (χ4n) is 2.83. The maximum Gasteiger partial charge on any atom is 0.270 e. The van der Waals surface area contributed by atoms with Crippen molar-refractivity contribution in [3.8, 4) is 5.95 Å². The summed E-state index contributed by atoms with van der Waals surface area (Å²) < 4.78 is 1.70. The maximum atomic E-state index is 12.4. The summed E-state index contributed by atoms with van der Waals surface area (Å²) in [7, 11) is 0. The molecule has 0 bridgehead atoms. The second kappa shape index (κ2) is 6.25. The Hall–Kier alpha value is -2.24. The molecule has 0 radical (unpaired) electrons. The molecular formula is C16H21N5O.